The van der Waals surface area contributed by atoms with Crippen LogP contribution in [-0.4, -0.2) is 32.2 Å². The van der Waals surface area contributed by atoms with E-state index < -0.39 is 0 Å². The maximum Gasteiger partial charge on any atom is 0.259 e. The molecule has 2 aromatic heterocycles. The van der Waals surface area contributed by atoms with Crippen LogP contribution in [0.25, 0.3) is 22.5 Å². The summed E-state index contributed by atoms with van der Waals surface area (Å²) in [5.41, 5.74) is 5.12. The van der Waals surface area contributed by atoms with E-state index in [4.69, 9.17) is 0 Å². The molecule has 0 saturated heterocycles. The van der Waals surface area contributed by atoms with Crippen LogP contribution in [0.5, 0.6) is 0 Å². The molecule has 5 rings (SSSR count). The van der Waals surface area contributed by atoms with Crippen molar-refractivity contribution in [2.45, 2.75) is 0 Å². The molecule has 8 heteroatoms. The molecule has 2 amide bonds. The number of carbonyl (C=O) groups is 2. The van der Waals surface area contributed by atoms with Gasteiger partial charge in [-0.15, -0.1) is 0 Å². The van der Waals surface area contributed by atoms with Crippen LogP contribution in [0, 0.1) is 0 Å². The second kappa shape index (κ2) is 9.25. The van der Waals surface area contributed by atoms with Crippen LogP contribution in [0.15, 0.2) is 97.3 Å². The Morgan fingerprint density at radius 2 is 0.941 bits per heavy atom. The van der Waals surface area contributed by atoms with Gasteiger partial charge in [0.1, 0.15) is 0 Å². The molecule has 166 valence electrons. The van der Waals surface area contributed by atoms with Gasteiger partial charge < -0.3 is 10.6 Å². The molecule has 8 nitrogen and oxygen atoms in total. The van der Waals surface area contributed by atoms with Gasteiger partial charge in [-0.25, -0.2) is 0 Å². The summed E-state index contributed by atoms with van der Waals surface area (Å²) >= 11 is 0. The first-order valence-corrected chi connectivity index (χ1v) is 10.6. The number of H-pyrrole nitrogens is 2. The summed E-state index contributed by atoms with van der Waals surface area (Å²) in [6.07, 6.45) is 3.00. The molecular formula is C26H20N6O2. The zero-order chi connectivity index (χ0) is 23.3. The number of aromatic nitrogens is 4. The highest BCUT2D eigenvalue weighted by molar-refractivity contribution is 6.09. The standard InChI is InChI=1S/C26H20N6O2/c33-25(21-15-27-31-23(21)17-7-3-1-4-8-17)29-19-11-13-20(14-12-19)30-26(34)22-16-28-32-24(22)18-9-5-2-6-10-18/h1-16H,(H,27,31)(H,28,32)(H,29,33)(H,30,34). The van der Waals surface area contributed by atoms with Crippen LogP contribution >= 0.6 is 0 Å². The van der Waals surface area contributed by atoms with Crippen molar-refractivity contribution in [3.8, 4) is 22.5 Å². The van der Waals surface area contributed by atoms with Crippen molar-refractivity contribution in [2.24, 2.45) is 0 Å². The van der Waals surface area contributed by atoms with Crippen LogP contribution in [0.3, 0.4) is 0 Å². The summed E-state index contributed by atoms with van der Waals surface area (Å²) in [5, 5.41) is 19.5. The minimum absolute atomic E-state index is 0.282. The lowest BCUT2D eigenvalue weighted by molar-refractivity contribution is 0.101. The minimum Gasteiger partial charge on any atom is -0.322 e. The van der Waals surface area contributed by atoms with Crippen molar-refractivity contribution >= 4 is 23.2 Å². The number of hydrogen-bond acceptors (Lipinski definition) is 4. The number of hydrogen-bond donors (Lipinski definition) is 4. The summed E-state index contributed by atoms with van der Waals surface area (Å²) < 4.78 is 0. The van der Waals surface area contributed by atoms with Crippen LogP contribution in [0.4, 0.5) is 11.4 Å². The fourth-order valence-electron chi connectivity index (χ4n) is 3.60. The Hall–Kier alpha value is -4.98. The number of nitrogens with zero attached hydrogens (tertiary/aromatic N) is 2. The number of amides is 2. The third kappa shape index (κ3) is 4.33. The lowest BCUT2D eigenvalue weighted by atomic mass is 10.1. The molecule has 2 heterocycles. The maximum absolute atomic E-state index is 12.8. The summed E-state index contributed by atoms with van der Waals surface area (Å²) in [6.45, 7) is 0. The largest absolute Gasteiger partial charge is 0.322 e. The molecule has 0 atom stereocenters. The van der Waals surface area contributed by atoms with Gasteiger partial charge in [-0.2, -0.15) is 10.2 Å². The van der Waals surface area contributed by atoms with Crippen LogP contribution < -0.4 is 10.6 Å². The first-order chi connectivity index (χ1) is 16.7. The van der Waals surface area contributed by atoms with E-state index in [9.17, 15) is 9.59 Å². The number of aromatic amines is 2. The SMILES string of the molecule is O=C(Nc1ccc(NC(=O)c2cn[nH]c2-c2ccccc2)cc1)c1cn[nH]c1-c1ccccc1. The second-order valence-corrected chi connectivity index (χ2v) is 7.54. The Morgan fingerprint density at radius 3 is 1.32 bits per heavy atom. The highest BCUT2D eigenvalue weighted by Crippen LogP contribution is 2.24. The van der Waals surface area contributed by atoms with Gasteiger partial charge in [0.2, 0.25) is 0 Å². The Kier molecular flexibility index (Phi) is 5.69. The number of anilines is 2. The average Bonchev–Trinajstić information content (AvgIpc) is 3.57. The van der Waals surface area contributed by atoms with Crippen molar-refractivity contribution in [1.29, 1.82) is 0 Å². The van der Waals surface area contributed by atoms with Gasteiger partial charge in [0.15, 0.2) is 0 Å². The van der Waals surface area contributed by atoms with Crippen molar-refractivity contribution in [2.75, 3.05) is 10.6 Å². The molecule has 0 bridgehead atoms. The van der Waals surface area contributed by atoms with Crippen molar-refractivity contribution in [3.63, 3.8) is 0 Å². The molecule has 0 aliphatic rings. The molecule has 0 fully saturated rings. The second-order valence-electron chi connectivity index (χ2n) is 7.54. The van der Waals surface area contributed by atoms with Crippen LogP contribution in [0.2, 0.25) is 0 Å². The van der Waals surface area contributed by atoms with Gasteiger partial charge in [0.05, 0.1) is 34.9 Å². The van der Waals surface area contributed by atoms with E-state index in [1.165, 1.54) is 12.4 Å². The van der Waals surface area contributed by atoms with Gasteiger partial charge in [0.25, 0.3) is 11.8 Å². The van der Waals surface area contributed by atoms with Crippen LogP contribution in [0.1, 0.15) is 20.7 Å². The summed E-state index contributed by atoms with van der Waals surface area (Å²) in [7, 11) is 0. The lowest BCUT2D eigenvalue weighted by Gasteiger charge is -2.09. The first kappa shape index (κ1) is 20.9. The predicted molar refractivity (Wildman–Crippen MR) is 130 cm³/mol. The quantitative estimate of drug-likeness (QED) is 0.293. The van der Waals surface area contributed by atoms with E-state index in [2.05, 4.69) is 31.0 Å². The van der Waals surface area contributed by atoms with Gasteiger partial charge in [-0.1, -0.05) is 60.7 Å². The van der Waals surface area contributed by atoms with E-state index in [1.807, 2.05) is 60.7 Å². The highest BCUT2D eigenvalue weighted by atomic mass is 16.2. The summed E-state index contributed by atoms with van der Waals surface area (Å²) in [4.78, 5) is 25.6. The molecule has 0 unspecified atom stereocenters. The molecule has 0 saturated carbocycles. The smallest absolute Gasteiger partial charge is 0.259 e. The first-order valence-electron chi connectivity index (χ1n) is 10.6. The zero-order valence-corrected chi connectivity index (χ0v) is 17.9. The van der Waals surface area contributed by atoms with E-state index in [0.717, 1.165) is 11.1 Å². The molecule has 3 aromatic carbocycles. The molecule has 0 aliphatic carbocycles. The monoisotopic (exact) mass is 448 g/mol. The number of rotatable bonds is 6. The predicted octanol–water partition coefficient (Wildman–Crippen LogP) is 4.97. The molecule has 34 heavy (non-hydrogen) atoms. The number of nitrogens with one attached hydrogen (secondary N) is 4. The average molecular weight is 448 g/mol. The third-order valence-corrected chi connectivity index (χ3v) is 5.29. The Bertz CT molecular complexity index is 1310. The molecule has 5 aromatic rings. The van der Waals surface area contributed by atoms with E-state index >= 15 is 0 Å². The minimum atomic E-state index is -0.282. The summed E-state index contributed by atoms with van der Waals surface area (Å²) in [6, 6.07) is 26.0. The molecule has 4 N–H and O–H groups in total. The number of carbonyl (C=O) groups excluding carboxylic acids is 2. The lowest BCUT2D eigenvalue weighted by Crippen LogP contribution is -2.13. The summed E-state index contributed by atoms with van der Waals surface area (Å²) in [5.74, 6) is -0.564. The normalized spacial score (nSPS) is 10.6. The van der Waals surface area contributed by atoms with Crippen molar-refractivity contribution in [1.82, 2.24) is 20.4 Å². The molecule has 0 spiro atoms. The molecule has 0 aliphatic heterocycles. The van der Waals surface area contributed by atoms with Crippen molar-refractivity contribution in [3.05, 3.63) is 108 Å². The van der Waals surface area contributed by atoms with Gasteiger partial charge in [0, 0.05) is 22.5 Å². The highest BCUT2D eigenvalue weighted by Gasteiger charge is 2.17. The fraction of sp³-hybridized carbons (Fsp3) is 0. The van der Waals surface area contributed by atoms with Crippen LogP contribution in [-0.2, 0) is 0 Å². The third-order valence-electron chi connectivity index (χ3n) is 5.29. The Balaban J connectivity index is 1.27. The Morgan fingerprint density at radius 1 is 0.559 bits per heavy atom. The Labute approximate surface area is 195 Å². The molecule has 0 radical (unpaired) electrons. The zero-order valence-electron chi connectivity index (χ0n) is 17.9. The van der Waals surface area contributed by atoms with E-state index in [1.54, 1.807) is 24.3 Å². The topological polar surface area (TPSA) is 116 Å². The maximum atomic E-state index is 12.8. The number of benzene rings is 3. The fourth-order valence-corrected chi connectivity index (χ4v) is 3.60. The van der Waals surface area contributed by atoms with E-state index in [-0.39, 0.29) is 11.8 Å². The van der Waals surface area contributed by atoms with Gasteiger partial charge in [-0.05, 0) is 24.3 Å². The van der Waals surface area contributed by atoms with E-state index in [0.29, 0.717) is 33.9 Å². The van der Waals surface area contributed by atoms with Crippen molar-refractivity contribution < 1.29 is 9.59 Å². The van der Waals surface area contributed by atoms with Gasteiger partial charge in [-0.3, -0.25) is 19.8 Å². The molecular weight excluding hydrogens is 428 g/mol. The van der Waals surface area contributed by atoms with Gasteiger partial charge >= 0.3 is 0 Å².